The van der Waals surface area contributed by atoms with Crippen molar-refractivity contribution < 1.29 is 44.3 Å². The molecular formula is C21H34O9. The molecule has 0 bridgehead atoms. The van der Waals surface area contributed by atoms with E-state index >= 15 is 0 Å². The molecule has 4 unspecified atom stereocenters. The summed E-state index contributed by atoms with van der Waals surface area (Å²) in [6.07, 6.45) is 5.08. The summed E-state index contributed by atoms with van der Waals surface area (Å²) in [5, 5.41) is 37.7. The van der Waals surface area contributed by atoms with E-state index in [0.717, 1.165) is 6.42 Å². The molecule has 30 heavy (non-hydrogen) atoms. The van der Waals surface area contributed by atoms with E-state index in [-0.39, 0.29) is 19.4 Å². The summed E-state index contributed by atoms with van der Waals surface area (Å²) < 4.78 is 5.38. The van der Waals surface area contributed by atoms with Crippen molar-refractivity contribution in [3.8, 4) is 0 Å². The highest BCUT2D eigenvalue weighted by molar-refractivity contribution is 5.82. The molecule has 1 fully saturated rings. The Morgan fingerprint density at radius 3 is 1.27 bits per heavy atom. The molecule has 0 aromatic rings. The van der Waals surface area contributed by atoms with E-state index in [9.17, 15) is 39.6 Å². The second kappa shape index (κ2) is 14.0. The Balaban J connectivity index is 2.77. The monoisotopic (exact) mass is 430 g/mol. The molecule has 172 valence electrons. The molecule has 1 saturated heterocycles. The van der Waals surface area contributed by atoms with Gasteiger partial charge in [0.2, 0.25) is 0 Å². The maximum Gasteiger partial charge on any atom is 0.333 e. The van der Waals surface area contributed by atoms with Crippen molar-refractivity contribution in [2.45, 2.75) is 83.2 Å². The number of ether oxygens (including phenoxy) is 1. The van der Waals surface area contributed by atoms with Gasteiger partial charge in [0, 0.05) is 6.61 Å². The van der Waals surface area contributed by atoms with Crippen molar-refractivity contribution in [1.82, 2.24) is 0 Å². The molecule has 9 heteroatoms. The van der Waals surface area contributed by atoms with Gasteiger partial charge < -0.3 is 25.2 Å². The Kier molecular flexibility index (Phi) is 12.0. The van der Waals surface area contributed by atoms with Crippen LogP contribution in [0.15, 0.2) is 0 Å². The van der Waals surface area contributed by atoms with Gasteiger partial charge in [-0.3, -0.25) is 14.4 Å². The van der Waals surface area contributed by atoms with Gasteiger partial charge in [0.15, 0.2) is 6.10 Å². The number of hydrogen-bond acceptors (Lipinski definition) is 5. The highest BCUT2D eigenvalue weighted by Gasteiger charge is 2.35. The number of carboxylic acid groups (broad SMARTS) is 4. The minimum atomic E-state index is -1.38. The zero-order valence-corrected chi connectivity index (χ0v) is 17.3. The number of hydrogen-bond donors (Lipinski definition) is 4. The molecular weight excluding hydrogens is 396 g/mol. The van der Waals surface area contributed by atoms with E-state index < -0.39 is 47.7 Å². The average Bonchev–Trinajstić information content (AvgIpc) is 2.66. The third-order valence-electron chi connectivity index (χ3n) is 5.78. The van der Waals surface area contributed by atoms with Gasteiger partial charge in [-0.2, -0.15) is 0 Å². The first-order chi connectivity index (χ1) is 14.3. The highest BCUT2D eigenvalue weighted by Crippen LogP contribution is 2.27. The molecule has 0 radical (unpaired) electrons. The number of aliphatic carboxylic acids is 4. The molecule has 0 aliphatic carbocycles. The zero-order valence-electron chi connectivity index (χ0n) is 17.3. The van der Waals surface area contributed by atoms with Crippen LogP contribution in [0.3, 0.4) is 0 Å². The molecule has 1 rings (SSSR count). The van der Waals surface area contributed by atoms with Crippen molar-refractivity contribution in [3.63, 3.8) is 0 Å². The summed E-state index contributed by atoms with van der Waals surface area (Å²) >= 11 is 0. The first kappa shape index (κ1) is 25.9. The van der Waals surface area contributed by atoms with Crippen molar-refractivity contribution in [2.24, 2.45) is 17.8 Å². The second-order valence-electron chi connectivity index (χ2n) is 8.01. The molecule has 4 atom stereocenters. The lowest BCUT2D eigenvalue weighted by Crippen LogP contribution is -2.37. The highest BCUT2D eigenvalue weighted by atomic mass is 16.5. The molecule has 0 aromatic heterocycles. The van der Waals surface area contributed by atoms with E-state index in [4.69, 9.17) is 4.74 Å². The molecule has 0 aromatic carbocycles. The molecule has 1 aliphatic rings. The summed E-state index contributed by atoms with van der Waals surface area (Å²) in [6, 6.07) is 0. The van der Waals surface area contributed by atoms with Crippen molar-refractivity contribution in [3.05, 3.63) is 0 Å². The third kappa shape index (κ3) is 9.11. The fraction of sp³-hybridized carbons (Fsp3) is 0.810. The fourth-order valence-corrected chi connectivity index (χ4v) is 4.05. The zero-order chi connectivity index (χ0) is 22.5. The van der Waals surface area contributed by atoms with Crippen LogP contribution in [0, 0.1) is 17.8 Å². The van der Waals surface area contributed by atoms with Gasteiger partial charge >= 0.3 is 23.9 Å². The smallest absolute Gasteiger partial charge is 0.333 e. The molecule has 1 heterocycles. The minimum absolute atomic E-state index is 0.112. The molecule has 0 spiro atoms. The lowest BCUT2D eigenvalue weighted by atomic mass is 9.84. The van der Waals surface area contributed by atoms with Crippen molar-refractivity contribution in [1.29, 1.82) is 0 Å². The quantitative estimate of drug-likeness (QED) is 0.525. The van der Waals surface area contributed by atoms with Crippen molar-refractivity contribution >= 4 is 23.9 Å². The maximum atomic E-state index is 11.6. The molecule has 9 nitrogen and oxygen atoms in total. The van der Waals surface area contributed by atoms with Crippen LogP contribution < -0.4 is 0 Å². The fourth-order valence-electron chi connectivity index (χ4n) is 4.05. The average molecular weight is 430 g/mol. The van der Waals surface area contributed by atoms with Gasteiger partial charge in [0.25, 0.3) is 0 Å². The summed E-state index contributed by atoms with van der Waals surface area (Å²) in [5.74, 6) is -7.53. The Morgan fingerprint density at radius 1 is 0.500 bits per heavy atom. The Bertz CT molecular complexity index is 477. The van der Waals surface area contributed by atoms with E-state index in [0.29, 0.717) is 57.8 Å². The van der Waals surface area contributed by atoms with Gasteiger partial charge in [-0.1, -0.05) is 51.4 Å². The van der Waals surface area contributed by atoms with Crippen LogP contribution in [0.25, 0.3) is 0 Å². The van der Waals surface area contributed by atoms with Crippen LogP contribution in [0.2, 0.25) is 0 Å². The molecule has 0 saturated carbocycles. The van der Waals surface area contributed by atoms with E-state index in [1.807, 2.05) is 0 Å². The van der Waals surface area contributed by atoms with Gasteiger partial charge in [-0.25, -0.2) is 4.79 Å². The lowest BCUT2D eigenvalue weighted by Gasteiger charge is -2.22. The molecule has 1 aliphatic heterocycles. The van der Waals surface area contributed by atoms with Gasteiger partial charge in [-0.15, -0.1) is 0 Å². The van der Waals surface area contributed by atoms with Crippen molar-refractivity contribution in [2.75, 3.05) is 6.61 Å². The van der Waals surface area contributed by atoms with E-state index in [1.165, 1.54) is 0 Å². The predicted molar refractivity (Wildman–Crippen MR) is 106 cm³/mol. The SMILES string of the molecule is O=C(O)C1CCCCCCCC(C(=O)O)C(C(=O)O)OCCCCCCC1C(=O)O. The second-order valence-corrected chi connectivity index (χ2v) is 8.01. The topological polar surface area (TPSA) is 158 Å². The standard InChI is InChI=1S/C21H34O9/c22-18(23)14-10-6-2-1-3-8-12-16(20(26)27)17(21(28)29)30-13-9-5-4-7-11-15(14)19(24)25/h14-17H,1-13H2,(H,22,23)(H,24,25)(H,26,27)(H,28,29). The predicted octanol–water partition coefficient (Wildman–Crippen LogP) is 3.25. The van der Waals surface area contributed by atoms with Crippen LogP contribution in [0.4, 0.5) is 0 Å². The van der Waals surface area contributed by atoms with Crippen LogP contribution in [-0.4, -0.2) is 57.0 Å². The van der Waals surface area contributed by atoms with Crippen LogP contribution in [-0.2, 0) is 23.9 Å². The summed E-state index contributed by atoms with van der Waals surface area (Å²) in [4.78, 5) is 46.2. The normalized spacial score (nSPS) is 28.5. The Hall–Kier alpha value is -2.16. The van der Waals surface area contributed by atoms with Gasteiger partial charge in [0.05, 0.1) is 17.8 Å². The van der Waals surface area contributed by atoms with E-state index in [2.05, 4.69) is 0 Å². The third-order valence-corrected chi connectivity index (χ3v) is 5.78. The summed E-state index contributed by atoms with van der Waals surface area (Å²) in [7, 11) is 0. The van der Waals surface area contributed by atoms with Gasteiger partial charge in [-0.05, 0) is 25.7 Å². The van der Waals surface area contributed by atoms with Gasteiger partial charge in [0.1, 0.15) is 0 Å². The number of carbonyl (C=O) groups is 4. The summed E-state index contributed by atoms with van der Waals surface area (Å²) in [6.45, 7) is 0.112. The minimum Gasteiger partial charge on any atom is -0.481 e. The largest absolute Gasteiger partial charge is 0.481 e. The Morgan fingerprint density at radius 2 is 0.867 bits per heavy atom. The first-order valence-electron chi connectivity index (χ1n) is 10.8. The Labute approximate surface area is 176 Å². The first-order valence-corrected chi connectivity index (χ1v) is 10.8. The molecule has 4 N–H and O–H groups in total. The molecule has 0 amide bonds. The number of carboxylic acids is 4. The summed E-state index contributed by atoms with van der Waals surface area (Å²) in [5.41, 5.74) is 0. The van der Waals surface area contributed by atoms with Crippen LogP contribution in [0.1, 0.15) is 77.0 Å². The van der Waals surface area contributed by atoms with Crippen LogP contribution >= 0.6 is 0 Å². The van der Waals surface area contributed by atoms with E-state index in [1.54, 1.807) is 0 Å². The maximum absolute atomic E-state index is 11.6. The number of rotatable bonds is 4. The van der Waals surface area contributed by atoms with Crippen LogP contribution in [0.5, 0.6) is 0 Å². The lowest BCUT2D eigenvalue weighted by molar-refractivity contribution is -0.164.